The fraction of sp³-hybridized carbons (Fsp3) is 0.562. The fourth-order valence-corrected chi connectivity index (χ4v) is 3.27. The van der Waals surface area contributed by atoms with Crippen molar-refractivity contribution in [3.8, 4) is 0 Å². The van der Waals surface area contributed by atoms with E-state index >= 15 is 0 Å². The average molecular weight is 258 g/mol. The minimum atomic E-state index is 0.0838. The van der Waals surface area contributed by atoms with Crippen molar-refractivity contribution in [3.05, 3.63) is 29.8 Å². The summed E-state index contributed by atoms with van der Waals surface area (Å²) >= 11 is 0. The van der Waals surface area contributed by atoms with Gasteiger partial charge in [0, 0.05) is 25.3 Å². The number of unbranched alkanes of at least 4 members (excludes halogenated alkanes) is 1. The molecule has 0 N–H and O–H groups in total. The van der Waals surface area contributed by atoms with Crippen molar-refractivity contribution in [2.45, 2.75) is 45.2 Å². The van der Waals surface area contributed by atoms with Crippen molar-refractivity contribution < 1.29 is 4.79 Å². The summed E-state index contributed by atoms with van der Waals surface area (Å²) in [6.07, 6.45) is 4.38. The normalized spacial score (nSPS) is 22.2. The molecule has 1 aromatic carbocycles. The van der Waals surface area contributed by atoms with Crippen LogP contribution in [-0.4, -0.2) is 29.9 Å². The van der Waals surface area contributed by atoms with Gasteiger partial charge in [-0.15, -0.1) is 0 Å². The van der Waals surface area contributed by atoms with E-state index in [9.17, 15) is 4.79 Å². The summed E-state index contributed by atoms with van der Waals surface area (Å²) in [6, 6.07) is 8.59. The summed E-state index contributed by atoms with van der Waals surface area (Å²) in [4.78, 5) is 17.1. The third kappa shape index (κ3) is 2.22. The van der Waals surface area contributed by atoms with Gasteiger partial charge >= 0.3 is 0 Å². The Hall–Kier alpha value is -1.51. The summed E-state index contributed by atoms with van der Waals surface area (Å²) in [6.45, 7) is 4.88. The van der Waals surface area contributed by atoms with Crippen molar-refractivity contribution in [2.24, 2.45) is 0 Å². The molecule has 3 heteroatoms. The lowest BCUT2D eigenvalue weighted by Gasteiger charge is -2.26. The van der Waals surface area contributed by atoms with Crippen LogP contribution >= 0.6 is 0 Å². The van der Waals surface area contributed by atoms with Crippen molar-refractivity contribution in [1.82, 2.24) is 4.90 Å². The van der Waals surface area contributed by atoms with Crippen LogP contribution in [0.1, 0.15) is 38.2 Å². The predicted molar refractivity (Wildman–Crippen MR) is 77.1 cm³/mol. The summed E-state index contributed by atoms with van der Waals surface area (Å²) in [5, 5.41) is 0. The first kappa shape index (κ1) is 12.5. The Labute approximate surface area is 115 Å². The number of nitrogens with zero attached hydrogens (tertiary/aromatic N) is 2. The number of carbonyl (C=O) groups excluding carboxylic acids is 1. The minimum Gasteiger partial charge on any atom is -0.359 e. The van der Waals surface area contributed by atoms with Crippen LogP contribution in [0.4, 0.5) is 5.69 Å². The maximum atomic E-state index is 12.7. The average Bonchev–Trinajstić information content (AvgIpc) is 2.88. The predicted octanol–water partition coefficient (Wildman–Crippen LogP) is 2.80. The van der Waals surface area contributed by atoms with Gasteiger partial charge in [0.05, 0.1) is 0 Å². The van der Waals surface area contributed by atoms with E-state index in [0.29, 0.717) is 5.91 Å². The Morgan fingerprint density at radius 2 is 2.16 bits per heavy atom. The van der Waals surface area contributed by atoms with Gasteiger partial charge in [-0.3, -0.25) is 4.79 Å². The Balaban J connectivity index is 1.94. The second-order valence-electron chi connectivity index (χ2n) is 5.59. The summed E-state index contributed by atoms with van der Waals surface area (Å²) in [7, 11) is 0. The molecule has 0 bridgehead atoms. The monoisotopic (exact) mass is 258 g/mol. The Bertz CT molecular complexity index is 472. The zero-order chi connectivity index (χ0) is 13.2. The van der Waals surface area contributed by atoms with E-state index in [1.165, 1.54) is 11.3 Å². The number of amides is 1. The highest BCUT2D eigenvalue weighted by atomic mass is 16.2. The fourth-order valence-electron chi connectivity index (χ4n) is 3.27. The molecule has 0 saturated carbocycles. The molecule has 1 atom stereocenters. The number of rotatable bonds is 3. The highest BCUT2D eigenvalue weighted by molar-refractivity contribution is 5.87. The van der Waals surface area contributed by atoms with E-state index in [1.54, 1.807) is 0 Å². The van der Waals surface area contributed by atoms with Gasteiger partial charge < -0.3 is 9.80 Å². The molecule has 1 saturated heterocycles. The number of hydrogen-bond acceptors (Lipinski definition) is 2. The highest BCUT2D eigenvalue weighted by Crippen LogP contribution is 2.33. The van der Waals surface area contributed by atoms with Gasteiger partial charge in [0.2, 0.25) is 5.91 Å². The molecule has 3 nitrogen and oxygen atoms in total. The highest BCUT2D eigenvalue weighted by Gasteiger charge is 2.37. The van der Waals surface area contributed by atoms with Crippen molar-refractivity contribution in [1.29, 1.82) is 0 Å². The molecule has 0 spiro atoms. The van der Waals surface area contributed by atoms with Crippen LogP contribution in [0.2, 0.25) is 0 Å². The topological polar surface area (TPSA) is 23.6 Å². The van der Waals surface area contributed by atoms with Gasteiger partial charge in [0.25, 0.3) is 0 Å². The van der Waals surface area contributed by atoms with Gasteiger partial charge in [0.15, 0.2) is 0 Å². The molecule has 102 valence electrons. The Morgan fingerprint density at radius 1 is 1.32 bits per heavy atom. The van der Waals surface area contributed by atoms with E-state index in [-0.39, 0.29) is 6.04 Å². The lowest BCUT2D eigenvalue weighted by Crippen LogP contribution is -2.43. The molecule has 19 heavy (non-hydrogen) atoms. The van der Waals surface area contributed by atoms with Crippen LogP contribution in [0.3, 0.4) is 0 Å². The Morgan fingerprint density at radius 3 is 3.00 bits per heavy atom. The molecule has 0 aromatic heterocycles. The molecule has 2 aliphatic rings. The molecule has 3 rings (SSSR count). The van der Waals surface area contributed by atoms with Gasteiger partial charge in [-0.1, -0.05) is 31.5 Å². The molecule has 2 heterocycles. The zero-order valence-electron chi connectivity index (χ0n) is 11.6. The van der Waals surface area contributed by atoms with Gasteiger partial charge in [-0.05, 0) is 30.9 Å². The first-order chi connectivity index (χ1) is 9.31. The van der Waals surface area contributed by atoms with Crippen molar-refractivity contribution >= 4 is 11.6 Å². The van der Waals surface area contributed by atoms with E-state index in [0.717, 1.165) is 45.3 Å². The van der Waals surface area contributed by atoms with Crippen molar-refractivity contribution in [3.63, 3.8) is 0 Å². The second kappa shape index (κ2) is 5.24. The molecule has 1 unspecified atom stereocenters. The van der Waals surface area contributed by atoms with E-state index in [2.05, 4.69) is 41.0 Å². The third-order valence-electron chi connectivity index (χ3n) is 4.29. The molecule has 1 fully saturated rings. The lowest BCUT2D eigenvalue weighted by atomic mass is 10.1. The molecule has 2 aliphatic heterocycles. The van der Waals surface area contributed by atoms with Crippen molar-refractivity contribution in [2.75, 3.05) is 18.0 Å². The first-order valence-electron chi connectivity index (χ1n) is 7.44. The molecule has 0 radical (unpaired) electrons. The number of hydrogen-bond donors (Lipinski definition) is 0. The number of carbonyl (C=O) groups is 1. The standard InChI is InChI=1S/C16H22N2O/c1-2-3-10-17-12-13-7-4-5-8-14(13)18-11-6-9-15(18)16(17)19/h4-5,7-8,15H,2-3,6,9-12H2,1H3. The smallest absolute Gasteiger partial charge is 0.245 e. The second-order valence-corrected chi connectivity index (χ2v) is 5.59. The zero-order valence-corrected chi connectivity index (χ0v) is 11.6. The summed E-state index contributed by atoms with van der Waals surface area (Å²) < 4.78 is 0. The van der Waals surface area contributed by atoms with Crippen LogP contribution in [0.25, 0.3) is 0 Å². The minimum absolute atomic E-state index is 0.0838. The van der Waals surface area contributed by atoms with E-state index in [1.807, 2.05) is 0 Å². The van der Waals surface area contributed by atoms with Crippen LogP contribution in [0.5, 0.6) is 0 Å². The molecule has 1 aromatic rings. The number of fused-ring (bicyclic) bond motifs is 3. The van der Waals surface area contributed by atoms with Gasteiger partial charge in [-0.25, -0.2) is 0 Å². The van der Waals surface area contributed by atoms with E-state index < -0.39 is 0 Å². The third-order valence-corrected chi connectivity index (χ3v) is 4.29. The van der Waals surface area contributed by atoms with Crippen LogP contribution in [-0.2, 0) is 11.3 Å². The van der Waals surface area contributed by atoms with Crippen LogP contribution in [0, 0.1) is 0 Å². The SMILES string of the molecule is CCCCN1Cc2ccccc2N2CCCC2C1=O. The molecular formula is C16H22N2O. The first-order valence-corrected chi connectivity index (χ1v) is 7.44. The van der Waals surface area contributed by atoms with E-state index in [4.69, 9.17) is 0 Å². The lowest BCUT2D eigenvalue weighted by molar-refractivity contribution is -0.132. The number of anilines is 1. The summed E-state index contributed by atoms with van der Waals surface area (Å²) in [5.41, 5.74) is 2.58. The van der Waals surface area contributed by atoms with Gasteiger partial charge in [-0.2, -0.15) is 0 Å². The largest absolute Gasteiger partial charge is 0.359 e. The maximum absolute atomic E-state index is 12.7. The Kier molecular flexibility index (Phi) is 3.45. The number of para-hydroxylation sites is 1. The molecular weight excluding hydrogens is 236 g/mol. The molecule has 0 aliphatic carbocycles. The number of benzene rings is 1. The van der Waals surface area contributed by atoms with Crippen LogP contribution < -0.4 is 4.90 Å². The van der Waals surface area contributed by atoms with Gasteiger partial charge in [0.1, 0.15) is 6.04 Å². The molecule has 1 amide bonds. The van der Waals surface area contributed by atoms with Crippen LogP contribution in [0.15, 0.2) is 24.3 Å². The summed E-state index contributed by atoms with van der Waals surface area (Å²) in [5.74, 6) is 0.335. The maximum Gasteiger partial charge on any atom is 0.245 e. The quantitative estimate of drug-likeness (QED) is 0.832.